The van der Waals surface area contributed by atoms with E-state index < -0.39 is 0 Å². The smallest absolute Gasteiger partial charge is 0.263 e. The molecule has 3 rings (SSSR count). The number of hydrogen-bond donors (Lipinski definition) is 1. The van der Waals surface area contributed by atoms with Crippen molar-refractivity contribution in [1.29, 1.82) is 0 Å². The molecule has 1 N–H and O–H groups in total. The van der Waals surface area contributed by atoms with Gasteiger partial charge in [0.25, 0.3) is 11.8 Å². The zero-order valence-electron chi connectivity index (χ0n) is 16.2. The molecule has 7 nitrogen and oxygen atoms in total. The van der Waals surface area contributed by atoms with E-state index in [0.717, 1.165) is 0 Å². The van der Waals surface area contributed by atoms with Crippen molar-refractivity contribution >= 4 is 17.5 Å². The molecule has 1 atom stereocenters. The Bertz CT molecular complexity index is 828. The van der Waals surface area contributed by atoms with Crippen LogP contribution in [0.2, 0.25) is 0 Å². The summed E-state index contributed by atoms with van der Waals surface area (Å²) in [5.74, 6) is 0.449. The summed E-state index contributed by atoms with van der Waals surface area (Å²) in [4.78, 5) is 27.2. The average molecular weight is 384 g/mol. The second-order valence-corrected chi connectivity index (χ2v) is 6.49. The molecule has 0 bridgehead atoms. The summed E-state index contributed by atoms with van der Waals surface area (Å²) < 4.78 is 15.9. The van der Waals surface area contributed by atoms with E-state index in [-0.39, 0.29) is 17.9 Å². The highest BCUT2D eigenvalue weighted by molar-refractivity contribution is 6.08. The number of rotatable bonds is 5. The van der Waals surface area contributed by atoms with Gasteiger partial charge in [0.05, 0.1) is 33.5 Å². The van der Waals surface area contributed by atoms with Gasteiger partial charge in [0, 0.05) is 17.8 Å². The van der Waals surface area contributed by atoms with Crippen molar-refractivity contribution < 1.29 is 23.8 Å². The summed E-state index contributed by atoms with van der Waals surface area (Å²) in [6.45, 7) is 3.63. The Labute approximate surface area is 164 Å². The van der Waals surface area contributed by atoms with E-state index in [2.05, 4.69) is 5.32 Å². The number of methoxy groups -OCH3 is 2. The second-order valence-electron chi connectivity index (χ2n) is 6.49. The zero-order chi connectivity index (χ0) is 20.1. The molecule has 1 saturated heterocycles. The van der Waals surface area contributed by atoms with Crippen molar-refractivity contribution in [2.24, 2.45) is 0 Å². The van der Waals surface area contributed by atoms with Crippen molar-refractivity contribution in [3.05, 3.63) is 53.6 Å². The first kappa shape index (κ1) is 19.7. The molecule has 2 aromatic rings. The molecule has 148 valence electrons. The van der Waals surface area contributed by atoms with Crippen LogP contribution >= 0.6 is 0 Å². The topological polar surface area (TPSA) is 77.1 Å². The predicted molar refractivity (Wildman–Crippen MR) is 105 cm³/mol. The van der Waals surface area contributed by atoms with E-state index in [1.165, 1.54) is 14.2 Å². The molecule has 1 unspecified atom stereocenters. The summed E-state index contributed by atoms with van der Waals surface area (Å²) in [6, 6.07) is 12.0. The van der Waals surface area contributed by atoms with Crippen LogP contribution in [0, 0.1) is 0 Å². The maximum absolute atomic E-state index is 12.7. The number of hydrogen-bond acceptors (Lipinski definition) is 5. The summed E-state index contributed by atoms with van der Waals surface area (Å²) in [5, 5.41) is 2.82. The van der Waals surface area contributed by atoms with Gasteiger partial charge in [-0.15, -0.1) is 0 Å². The number of carbonyl (C=O) groups excluding carboxylic acids is 2. The monoisotopic (exact) mass is 384 g/mol. The lowest BCUT2D eigenvalue weighted by molar-refractivity contribution is 0.00359. The van der Waals surface area contributed by atoms with Gasteiger partial charge in [0.1, 0.15) is 17.1 Å². The van der Waals surface area contributed by atoms with Crippen molar-refractivity contribution in [2.45, 2.75) is 13.0 Å². The van der Waals surface area contributed by atoms with E-state index in [9.17, 15) is 9.59 Å². The molecule has 1 heterocycles. The van der Waals surface area contributed by atoms with Crippen molar-refractivity contribution in [1.82, 2.24) is 4.90 Å². The highest BCUT2D eigenvalue weighted by Crippen LogP contribution is 2.29. The number of nitrogens with zero attached hydrogens (tertiary/aromatic N) is 1. The number of morpholine rings is 1. The molecule has 0 aliphatic carbocycles. The predicted octanol–water partition coefficient (Wildman–Crippen LogP) is 2.82. The van der Waals surface area contributed by atoms with Crippen molar-refractivity contribution in [3.63, 3.8) is 0 Å². The van der Waals surface area contributed by atoms with Gasteiger partial charge < -0.3 is 24.4 Å². The molecule has 2 aromatic carbocycles. The van der Waals surface area contributed by atoms with Crippen molar-refractivity contribution in [3.8, 4) is 11.5 Å². The Hall–Kier alpha value is -3.06. The van der Waals surface area contributed by atoms with E-state index in [4.69, 9.17) is 14.2 Å². The first-order chi connectivity index (χ1) is 13.5. The first-order valence-electron chi connectivity index (χ1n) is 9.06. The van der Waals surface area contributed by atoms with Crippen LogP contribution in [0.4, 0.5) is 5.69 Å². The minimum Gasteiger partial charge on any atom is -0.496 e. The summed E-state index contributed by atoms with van der Waals surface area (Å²) >= 11 is 0. The van der Waals surface area contributed by atoms with Crippen LogP contribution in [0.5, 0.6) is 11.5 Å². The van der Waals surface area contributed by atoms with Crippen molar-refractivity contribution in [2.75, 3.05) is 39.3 Å². The Kier molecular flexibility index (Phi) is 6.16. The van der Waals surface area contributed by atoms with E-state index in [1.54, 1.807) is 47.4 Å². The third-order valence-corrected chi connectivity index (χ3v) is 4.67. The first-order valence-corrected chi connectivity index (χ1v) is 9.06. The Morgan fingerprint density at radius 1 is 1.07 bits per heavy atom. The maximum Gasteiger partial charge on any atom is 0.263 e. The third kappa shape index (κ3) is 4.09. The molecule has 0 aromatic heterocycles. The summed E-state index contributed by atoms with van der Waals surface area (Å²) in [6.07, 6.45) is 0. The standard InChI is InChI=1S/C21H24N2O5/c1-14-13-28-12-11-23(14)21(25)15-7-9-16(10-8-15)22-20(24)19-17(26-2)5-4-6-18(19)27-3/h4-10,14H,11-13H2,1-3H3,(H,22,24). The Morgan fingerprint density at radius 3 is 2.29 bits per heavy atom. The number of ether oxygens (including phenoxy) is 3. The minimum atomic E-state index is -0.352. The number of benzene rings is 2. The fraction of sp³-hybridized carbons (Fsp3) is 0.333. The SMILES string of the molecule is COc1cccc(OC)c1C(=O)Nc1ccc(C(=O)N2CCOCC2C)cc1. The van der Waals surface area contributed by atoms with Gasteiger partial charge in [-0.3, -0.25) is 9.59 Å². The van der Waals surface area contributed by atoms with Gasteiger partial charge in [-0.25, -0.2) is 0 Å². The van der Waals surface area contributed by atoms with Crippen LogP contribution in [0.15, 0.2) is 42.5 Å². The van der Waals surface area contributed by atoms with Gasteiger partial charge in [0.15, 0.2) is 0 Å². The van der Waals surface area contributed by atoms with Crippen LogP contribution in [-0.4, -0.2) is 56.7 Å². The maximum atomic E-state index is 12.7. The molecule has 0 saturated carbocycles. The van der Waals surface area contributed by atoms with Crippen LogP contribution in [0.25, 0.3) is 0 Å². The largest absolute Gasteiger partial charge is 0.496 e. The molecule has 28 heavy (non-hydrogen) atoms. The van der Waals surface area contributed by atoms with Gasteiger partial charge in [-0.1, -0.05) is 6.07 Å². The molecule has 1 aliphatic rings. The number of amides is 2. The minimum absolute atomic E-state index is 0.0404. The lowest BCUT2D eigenvalue weighted by atomic mass is 10.1. The lowest BCUT2D eigenvalue weighted by Crippen LogP contribution is -2.47. The van der Waals surface area contributed by atoms with Gasteiger partial charge in [0.2, 0.25) is 0 Å². The highest BCUT2D eigenvalue weighted by Gasteiger charge is 2.25. The number of nitrogens with one attached hydrogen (secondary N) is 1. The molecule has 1 fully saturated rings. The number of carbonyl (C=O) groups is 2. The molecule has 0 spiro atoms. The van der Waals surface area contributed by atoms with Gasteiger partial charge >= 0.3 is 0 Å². The number of anilines is 1. The zero-order valence-corrected chi connectivity index (χ0v) is 16.2. The summed E-state index contributed by atoms with van der Waals surface area (Å²) in [5.41, 5.74) is 1.46. The molecule has 1 aliphatic heterocycles. The van der Waals surface area contributed by atoms with Crippen LogP contribution in [0.3, 0.4) is 0 Å². The highest BCUT2D eigenvalue weighted by atomic mass is 16.5. The van der Waals surface area contributed by atoms with Crippen LogP contribution in [0.1, 0.15) is 27.6 Å². The van der Waals surface area contributed by atoms with Crippen LogP contribution in [-0.2, 0) is 4.74 Å². The second kappa shape index (κ2) is 8.75. The fourth-order valence-electron chi connectivity index (χ4n) is 3.16. The molecule has 0 radical (unpaired) electrons. The summed E-state index contributed by atoms with van der Waals surface area (Å²) in [7, 11) is 3.00. The quantitative estimate of drug-likeness (QED) is 0.858. The molecular weight excluding hydrogens is 360 g/mol. The van der Waals surface area contributed by atoms with Crippen LogP contribution < -0.4 is 14.8 Å². The van der Waals surface area contributed by atoms with E-state index >= 15 is 0 Å². The Morgan fingerprint density at radius 2 is 1.71 bits per heavy atom. The Balaban J connectivity index is 1.74. The normalized spacial score (nSPS) is 16.4. The molecule has 2 amide bonds. The van der Waals surface area contributed by atoms with Gasteiger partial charge in [-0.05, 0) is 43.3 Å². The lowest BCUT2D eigenvalue weighted by Gasteiger charge is -2.33. The van der Waals surface area contributed by atoms with Gasteiger partial charge in [-0.2, -0.15) is 0 Å². The average Bonchev–Trinajstić information content (AvgIpc) is 2.73. The molecular formula is C21H24N2O5. The molecule has 7 heteroatoms. The third-order valence-electron chi connectivity index (χ3n) is 4.67. The van der Waals surface area contributed by atoms with E-state index in [0.29, 0.717) is 48.1 Å². The van der Waals surface area contributed by atoms with E-state index in [1.807, 2.05) is 6.92 Å². The fourth-order valence-corrected chi connectivity index (χ4v) is 3.16.